The van der Waals surface area contributed by atoms with Gasteiger partial charge in [-0.3, -0.25) is 0 Å². The Kier molecular flexibility index (Phi) is 33.4. The smallest absolute Gasteiger partial charge is 0.238 e. The molecule has 0 aliphatic rings. The fourth-order valence-corrected chi connectivity index (χ4v) is 22.6. The molecule has 24 N–H and O–H groups in total. The molecule has 18 rings (SSSR count). The molecule has 3 heterocycles. The van der Waals surface area contributed by atoms with E-state index in [0.717, 1.165) is 108 Å². The van der Waals surface area contributed by atoms with Crippen LogP contribution in [0, 0.1) is 62.3 Å². The predicted octanol–water partition coefficient (Wildman–Crippen LogP) is 15.3. The molecule has 0 amide bonds. The summed E-state index contributed by atoms with van der Waals surface area (Å²) in [4.78, 5) is 14.0. The van der Waals surface area contributed by atoms with Crippen molar-refractivity contribution in [3.8, 4) is 0 Å². The molecule has 3 aromatic heterocycles. The van der Waals surface area contributed by atoms with Crippen LogP contribution in [0.1, 0.15) is 55.6 Å². The number of sulfonamides is 4. The van der Waals surface area contributed by atoms with Crippen molar-refractivity contribution in [2.75, 3.05) is 65.2 Å². The number of benzene rings is 15. The van der Waals surface area contributed by atoms with E-state index in [4.69, 9.17) is 66.4 Å². The topological polar surface area (TPSA) is 624 Å². The third-order valence-corrected chi connectivity index (χ3v) is 31.6. The minimum atomic E-state index is -3.70. The third kappa shape index (κ3) is 27.0. The van der Waals surface area contributed by atoms with Gasteiger partial charge in [0.15, 0.2) is 39.3 Å². The molecule has 0 radical (unpaired) electrons. The van der Waals surface area contributed by atoms with Crippen LogP contribution in [0.4, 0.5) is 40.2 Å². The van der Waals surface area contributed by atoms with Gasteiger partial charge in [-0.05, 0) is 305 Å². The Morgan fingerprint density at radius 1 is 0.207 bits per heavy atom. The number of aromatic nitrogens is 3. The summed E-state index contributed by atoms with van der Waals surface area (Å²) in [5.41, 5.74) is 56.3. The summed E-state index contributed by atoms with van der Waals surface area (Å²) < 4.78 is 183. The van der Waals surface area contributed by atoms with E-state index in [9.17, 15) is 67.3 Å². The molecule has 0 fully saturated rings. The van der Waals surface area contributed by atoms with Crippen molar-refractivity contribution < 1.29 is 67.3 Å². The van der Waals surface area contributed by atoms with E-state index in [1.807, 2.05) is 141 Å². The first-order valence-electron chi connectivity index (χ1n) is 42.2. The maximum atomic E-state index is 11.6. The minimum Gasteiger partial charge on any atom is -0.398 e. The van der Waals surface area contributed by atoms with Crippen molar-refractivity contribution in [1.82, 2.24) is 15.0 Å². The Labute approximate surface area is 814 Å². The average Bonchev–Trinajstić information content (AvgIpc) is 0.793. The highest BCUT2D eigenvalue weighted by Crippen LogP contribution is 2.35. The van der Waals surface area contributed by atoms with E-state index in [1.54, 1.807) is 164 Å². The molecule has 39 heteroatoms. The van der Waals surface area contributed by atoms with E-state index >= 15 is 0 Å². The van der Waals surface area contributed by atoms with Gasteiger partial charge in [0, 0.05) is 111 Å². The first-order valence-corrected chi connectivity index (χ1v) is 56.0. The number of nitrogens with zero attached hydrogens (tertiary/aromatic N) is 3. The molecule has 732 valence electrons. The SMILES string of the molecule is Cc1cc2c(N)cccc2cc1S(C)(=O)=O.Cc1cc2c(N)cccc2cc1S(N)(=O)=O.Cc1cc2c(N)nccc2cc1CN.Cc1cc2c(N)nccc2cc1S(C)(=O)=O.Cc1cc2c(N)nccc2cc1S(N)(=O)=O.Cc1cc2cccc(N)c2cc1S(C)(=O)=O.Cc1cc2cccc(N)c2cc1S(N)(=O)=O.Cc1cc2ccccc2cc1S(C)(=O)=O.Cc1cc2ccccc2cc1S(N)(=O)=O. The lowest BCUT2D eigenvalue weighted by Gasteiger charge is -2.08. The zero-order chi connectivity index (χ0) is 104. The molecule has 0 aliphatic heterocycles. The number of primary sulfonamides is 4. The molecule has 0 unspecified atom stereocenters. The largest absolute Gasteiger partial charge is 0.398 e. The predicted molar refractivity (Wildman–Crippen MR) is 568 cm³/mol. The van der Waals surface area contributed by atoms with E-state index in [2.05, 4.69) is 21.0 Å². The Hall–Kier alpha value is -13.9. The van der Waals surface area contributed by atoms with Crippen LogP contribution in [-0.2, 0) is 86.0 Å². The first-order chi connectivity index (χ1) is 65.0. The summed E-state index contributed by atoms with van der Waals surface area (Å²) in [6.45, 7) is 16.6. The number of fused-ring (bicyclic) bond motifs is 9. The monoisotopic (exact) mass is 2040 g/mol. The van der Waals surface area contributed by atoms with E-state index in [0.29, 0.717) is 105 Å². The van der Waals surface area contributed by atoms with Gasteiger partial charge < -0.3 is 45.9 Å². The standard InChI is InChI=1S/2C12H13NO2S.C12H12O2S.C11H13N3.3C11H12N2O2S.C11H11NO2S.C10H11N3O2S/c1-8-6-10-9(4-3-5-11(10)13)7-12(8)16(2,14)15;1-8-6-9-4-3-5-11(13)10(9)7-12(8)16(2,14)15;1-9-7-10-5-3-4-6-11(10)8-12(9)15(2,13)14;1-7-4-10-8(5-9(7)6-12)2-3-14-11(10)13;1-7-5-9-8(3-4-13-11(9)12)6-10(7)16(2,14)15;1-7-5-9-8(3-2-4-10(9)12)6-11(7)16(13,14)15;1-7-5-8-3-2-4-10(12)9(8)6-11(7)16(13,14)15;1-8-6-9-4-2-3-5-10(9)7-11(8)15(12,13)14;1-6-4-8-7(2-3-13-10(8)11)5-9(6)16(12,14)15/h2*3-7H,13H2,1-2H3;3-8H,1-2H3;2-5H,6,12H2,1H3,(H2,13,14);3-6H,1-2H3,(H2,12,13);2*2-6H,12H2,1H3,(H2,13,14,15);2-7H,1H3,(H2,12,13,14);2-5H,1H3,(H2,11,13)(H2,12,14,15). The van der Waals surface area contributed by atoms with Crippen LogP contribution in [0.5, 0.6) is 0 Å². The van der Waals surface area contributed by atoms with Crippen LogP contribution in [-0.4, -0.2) is 107 Å². The van der Waals surface area contributed by atoms with Crippen LogP contribution in [0.25, 0.3) is 97.0 Å². The Balaban J connectivity index is 0.000000162. The fourth-order valence-electron chi connectivity index (χ4n) is 15.5. The lowest BCUT2D eigenvalue weighted by atomic mass is 10.0. The average molecular weight is 2050 g/mol. The lowest BCUT2D eigenvalue weighted by molar-refractivity contribution is 0.595. The molecule has 18 aromatic rings. The number of aryl methyl sites for hydroxylation is 9. The van der Waals surface area contributed by atoms with Crippen LogP contribution < -0.4 is 66.4 Å². The van der Waals surface area contributed by atoms with E-state index < -0.39 is 79.4 Å². The molecule has 0 saturated heterocycles. The highest BCUT2D eigenvalue weighted by atomic mass is 32.2. The Morgan fingerprint density at radius 3 is 0.686 bits per heavy atom. The molecule has 140 heavy (non-hydrogen) atoms. The van der Waals surface area contributed by atoms with Gasteiger partial charge in [-0.25, -0.2) is 103 Å². The van der Waals surface area contributed by atoms with E-state index in [1.165, 1.54) is 48.9 Å². The van der Waals surface area contributed by atoms with Gasteiger partial charge in [0.05, 0.1) is 39.2 Å². The second kappa shape index (κ2) is 43.2. The first kappa shape index (κ1) is 108. The molecule has 0 atom stereocenters. The minimum absolute atomic E-state index is 0.116. The summed E-state index contributed by atoms with van der Waals surface area (Å²) >= 11 is 0. The molecule has 0 saturated carbocycles. The third-order valence-electron chi connectivity index (χ3n) is 22.4. The van der Waals surface area contributed by atoms with Gasteiger partial charge in [-0.15, -0.1) is 0 Å². The number of sulfone groups is 4. The summed E-state index contributed by atoms with van der Waals surface area (Å²) in [5.74, 6) is 1.37. The lowest BCUT2D eigenvalue weighted by Crippen LogP contribution is -2.13. The molecular formula is C101H109N15O16S8. The molecular weight excluding hydrogens is 1940 g/mol. The molecule has 0 bridgehead atoms. The van der Waals surface area contributed by atoms with Gasteiger partial charge in [0.25, 0.3) is 0 Å². The van der Waals surface area contributed by atoms with Crippen molar-refractivity contribution in [1.29, 1.82) is 0 Å². The summed E-state index contributed by atoms with van der Waals surface area (Å²) in [6.07, 6.45) is 9.68. The van der Waals surface area contributed by atoms with Gasteiger partial charge in [0.2, 0.25) is 40.1 Å². The summed E-state index contributed by atoms with van der Waals surface area (Å²) in [6, 6.07) is 73.9. The van der Waals surface area contributed by atoms with Crippen molar-refractivity contribution >= 4 is 217 Å². The number of pyridine rings is 3. The molecule has 31 nitrogen and oxygen atoms in total. The van der Waals surface area contributed by atoms with Crippen molar-refractivity contribution in [2.24, 2.45) is 26.3 Å². The number of nitrogens with two attached hydrogens (primary N) is 12. The maximum Gasteiger partial charge on any atom is 0.238 e. The van der Waals surface area contributed by atoms with Gasteiger partial charge in [0.1, 0.15) is 17.5 Å². The zero-order valence-electron chi connectivity index (χ0n) is 78.7. The quantitative estimate of drug-likeness (QED) is 0.0597. The number of hydrogen-bond acceptors (Lipinski definition) is 27. The van der Waals surface area contributed by atoms with E-state index in [-0.39, 0.29) is 19.6 Å². The van der Waals surface area contributed by atoms with Gasteiger partial charge in [-0.1, -0.05) is 121 Å². The number of nitrogen functional groups attached to an aromatic ring is 7. The normalized spacial score (nSPS) is 11.8. The summed E-state index contributed by atoms with van der Waals surface area (Å²) in [7, 11) is -27.4. The number of hydrogen-bond donors (Lipinski definition) is 12. The zero-order valence-corrected chi connectivity index (χ0v) is 85.2. The van der Waals surface area contributed by atoms with Crippen LogP contribution in [0.3, 0.4) is 0 Å². The van der Waals surface area contributed by atoms with Crippen molar-refractivity contribution in [3.63, 3.8) is 0 Å². The second-order valence-corrected chi connectivity index (χ2v) is 47.5. The van der Waals surface area contributed by atoms with Crippen LogP contribution >= 0.6 is 0 Å². The summed E-state index contributed by atoms with van der Waals surface area (Å²) in [5, 5.41) is 36.3. The van der Waals surface area contributed by atoms with Gasteiger partial charge in [-0.2, -0.15) is 0 Å². The molecule has 15 aromatic carbocycles. The maximum absolute atomic E-state index is 11.6. The second-order valence-electron chi connectivity index (χ2n) is 33.4. The Morgan fingerprint density at radius 2 is 0.393 bits per heavy atom. The highest BCUT2D eigenvalue weighted by Gasteiger charge is 2.21. The van der Waals surface area contributed by atoms with Crippen molar-refractivity contribution in [2.45, 2.75) is 108 Å². The fraction of sp³-hybridized carbons (Fsp3) is 0.139. The Bertz CT molecular complexity index is 8250. The molecule has 0 spiro atoms. The highest BCUT2D eigenvalue weighted by molar-refractivity contribution is 7.92. The molecule has 0 aliphatic carbocycles. The van der Waals surface area contributed by atoms with Crippen LogP contribution in [0.2, 0.25) is 0 Å². The number of rotatable bonds is 9. The number of anilines is 7. The van der Waals surface area contributed by atoms with Crippen LogP contribution in [0.15, 0.2) is 306 Å². The van der Waals surface area contributed by atoms with Gasteiger partial charge >= 0.3 is 0 Å². The van der Waals surface area contributed by atoms with Crippen molar-refractivity contribution in [3.05, 3.63) is 323 Å².